The van der Waals surface area contributed by atoms with Gasteiger partial charge in [0.15, 0.2) is 12.4 Å². The Bertz CT molecular complexity index is 941. The SMILES string of the molecule is CC(=O)c1cc(C(=O)OCC(=O)N(C)CC(=O)Nc2c(C)cccc2C)n(C)c1. The first-order valence-electron chi connectivity index (χ1n) is 9.04. The molecule has 0 radical (unpaired) electrons. The summed E-state index contributed by atoms with van der Waals surface area (Å²) in [7, 11) is 3.06. The van der Waals surface area contributed by atoms with Crippen molar-refractivity contribution < 1.29 is 23.9 Å². The molecule has 1 heterocycles. The van der Waals surface area contributed by atoms with Crippen LogP contribution in [0, 0.1) is 13.8 Å². The molecule has 8 heteroatoms. The van der Waals surface area contributed by atoms with E-state index in [0.717, 1.165) is 16.8 Å². The van der Waals surface area contributed by atoms with Crippen LogP contribution in [-0.4, -0.2) is 53.2 Å². The predicted octanol–water partition coefficient (Wildman–Crippen LogP) is 2.10. The summed E-state index contributed by atoms with van der Waals surface area (Å²) in [4.78, 5) is 49.2. The van der Waals surface area contributed by atoms with Gasteiger partial charge < -0.3 is 19.5 Å². The lowest BCUT2D eigenvalue weighted by Gasteiger charge is -2.18. The molecular weight excluding hydrogens is 374 g/mol. The highest BCUT2D eigenvalue weighted by Crippen LogP contribution is 2.19. The predicted molar refractivity (Wildman–Crippen MR) is 108 cm³/mol. The molecule has 0 saturated carbocycles. The number of esters is 1. The number of ether oxygens (including phenoxy) is 1. The number of nitrogens with zero attached hydrogens (tertiary/aromatic N) is 2. The first-order chi connectivity index (χ1) is 13.6. The fourth-order valence-electron chi connectivity index (χ4n) is 2.77. The smallest absolute Gasteiger partial charge is 0.355 e. The monoisotopic (exact) mass is 399 g/mol. The Balaban J connectivity index is 1.89. The molecule has 0 aliphatic carbocycles. The molecular formula is C21H25N3O5. The van der Waals surface area contributed by atoms with Crippen LogP contribution in [0.1, 0.15) is 38.9 Å². The van der Waals surface area contributed by atoms with Crippen LogP contribution in [0.2, 0.25) is 0 Å². The molecule has 29 heavy (non-hydrogen) atoms. The van der Waals surface area contributed by atoms with E-state index in [1.807, 2.05) is 32.0 Å². The molecule has 0 bridgehead atoms. The zero-order valence-electron chi connectivity index (χ0n) is 17.2. The molecule has 2 aromatic rings. The molecule has 0 atom stereocenters. The fourth-order valence-corrected chi connectivity index (χ4v) is 2.77. The van der Waals surface area contributed by atoms with E-state index in [0.29, 0.717) is 5.56 Å². The largest absolute Gasteiger partial charge is 0.451 e. The molecule has 154 valence electrons. The van der Waals surface area contributed by atoms with Gasteiger partial charge in [-0.25, -0.2) is 4.79 Å². The van der Waals surface area contributed by atoms with Crippen LogP contribution >= 0.6 is 0 Å². The minimum atomic E-state index is -0.721. The van der Waals surface area contributed by atoms with Crippen molar-refractivity contribution in [2.75, 3.05) is 25.5 Å². The van der Waals surface area contributed by atoms with Gasteiger partial charge in [0.2, 0.25) is 5.91 Å². The van der Waals surface area contributed by atoms with Crippen molar-refractivity contribution in [3.05, 3.63) is 52.8 Å². The number of aromatic nitrogens is 1. The van der Waals surface area contributed by atoms with Crippen LogP contribution < -0.4 is 5.32 Å². The van der Waals surface area contributed by atoms with Gasteiger partial charge in [0, 0.05) is 31.5 Å². The lowest BCUT2D eigenvalue weighted by atomic mass is 10.1. The number of ketones is 1. The van der Waals surface area contributed by atoms with Crippen LogP contribution in [0.25, 0.3) is 0 Å². The number of rotatable bonds is 7. The summed E-state index contributed by atoms with van der Waals surface area (Å²) in [6.07, 6.45) is 1.52. The third-order valence-corrected chi connectivity index (χ3v) is 4.50. The van der Waals surface area contributed by atoms with E-state index in [9.17, 15) is 19.2 Å². The lowest BCUT2D eigenvalue weighted by Crippen LogP contribution is -2.37. The van der Waals surface area contributed by atoms with Crippen molar-refractivity contribution in [2.24, 2.45) is 7.05 Å². The Labute approximate surface area is 169 Å². The van der Waals surface area contributed by atoms with Crippen LogP contribution in [0.15, 0.2) is 30.5 Å². The summed E-state index contributed by atoms with van der Waals surface area (Å²) in [6.45, 7) is 4.48. The molecule has 0 saturated heterocycles. The zero-order valence-corrected chi connectivity index (χ0v) is 17.2. The Morgan fingerprint density at radius 3 is 2.31 bits per heavy atom. The minimum Gasteiger partial charge on any atom is -0.451 e. The number of nitrogens with one attached hydrogen (secondary N) is 1. The van der Waals surface area contributed by atoms with Gasteiger partial charge in [-0.15, -0.1) is 0 Å². The maximum atomic E-state index is 12.3. The number of benzene rings is 1. The number of Topliss-reactive ketones (excluding diaryl/α,β-unsaturated/α-hetero) is 1. The molecule has 1 N–H and O–H groups in total. The zero-order chi connectivity index (χ0) is 21.7. The topological polar surface area (TPSA) is 97.7 Å². The third-order valence-electron chi connectivity index (χ3n) is 4.50. The van der Waals surface area contributed by atoms with Gasteiger partial charge in [0.25, 0.3) is 5.91 Å². The number of likely N-dealkylation sites (N-methyl/N-ethyl adjacent to an activating group) is 1. The Hall–Kier alpha value is -3.42. The average molecular weight is 399 g/mol. The summed E-state index contributed by atoms with van der Waals surface area (Å²) >= 11 is 0. The van der Waals surface area contributed by atoms with Crippen molar-refractivity contribution in [1.82, 2.24) is 9.47 Å². The maximum Gasteiger partial charge on any atom is 0.355 e. The maximum absolute atomic E-state index is 12.3. The Morgan fingerprint density at radius 2 is 1.76 bits per heavy atom. The minimum absolute atomic E-state index is 0.165. The van der Waals surface area contributed by atoms with E-state index >= 15 is 0 Å². The molecule has 1 aromatic heterocycles. The summed E-state index contributed by atoms with van der Waals surface area (Å²) in [6, 6.07) is 7.09. The van der Waals surface area contributed by atoms with E-state index in [2.05, 4.69) is 5.32 Å². The Morgan fingerprint density at radius 1 is 1.14 bits per heavy atom. The number of carbonyl (C=O) groups excluding carboxylic acids is 4. The molecule has 2 rings (SSSR count). The number of aryl methyl sites for hydroxylation is 3. The third kappa shape index (κ3) is 5.54. The standard InChI is InChI=1S/C21H25N3O5/c1-13-7-6-8-14(2)20(13)22-18(26)11-24(5)19(27)12-29-21(28)17-9-16(15(3)25)10-23(17)4/h6-10H,11-12H2,1-5H3,(H,22,26). The van der Waals surface area contributed by atoms with Gasteiger partial charge >= 0.3 is 5.97 Å². The molecule has 0 spiro atoms. The van der Waals surface area contributed by atoms with Crippen LogP contribution in [-0.2, 0) is 21.4 Å². The first kappa shape index (κ1) is 21.9. The van der Waals surface area contributed by atoms with Gasteiger partial charge in [-0.3, -0.25) is 14.4 Å². The van der Waals surface area contributed by atoms with E-state index in [4.69, 9.17) is 4.74 Å². The summed E-state index contributed by atoms with van der Waals surface area (Å²) in [5.41, 5.74) is 3.11. The van der Waals surface area contributed by atoms with Crippen LogP contribution in [0.5, 0.6) is 0 Å². The number of hydrogen-bond donors (Lipinski definition) is 1. The molecule has 0 unspecified atom stereocenters. The van der Waals surface area contributed by atoms with Crippen molar-refractivity contribution in [3.8, 4) is 0 Å². The van der Waals surface area contributed by atoms with E-state index < -0.39 is 18.5 Å². The average Bonchev–Trinajstić information content (AvgIpc) is 3.04. The van der Waals surface area contributed by atoms with Crippen LogP contribution in [0.4, 0.5) is 5.69 Å². The number of carbonyl (C=O) groups is 4. The number of para-hydroxylation sites is 1. The second kappa shape index (κ2) is 9.18. The molecule has 0 aliphatic heterocycles. The molecule has 0 aliphatic rings. The summed E-state index contributed by atoms with van der Waals surface area (Å²) in [5, 5.41) is 2.80. The highest BCUT2D eigenvalue weighted by molar-refractivity contribution is 5.98. The van der Waals surface area contributed by atoms with Gasteiger partial charge in [-0.1, -0.05) is 18.2 Å². The van der Waals surface area contributed by atoms with Gasteiger partial charge in [0.1, 0.15) is 5.69 Å². The Kier molecular flexibility index (Phi) is 6.93. The lowest BCUT2D eigenvalue weighted by molar-refractivity contribution is -0.136. The van der Waals surface area contributed by atoms with Crippen molar-refractivity contribution in [1.29, 1.82) is 0 Å². The normalized spacial score (nSPS) is 10.4. The molecule has 0 fully saturated rings. The number of amides is 2. The summed E-state index contributed by atoms with van der Waals surface area (Å²) in [5.74, 6) is -1.76. The highest BCUT2D eigenvalue weighted by Gasteiger charge is 2.19. The fraction of sp³-hybridized carbons (Fsp3) is 0.333. The second-order valence-electron chi connectivity index (χ2n) is 6.92. The van der Waals surface area contributed by atoms with Crippen LogP contribution in [0.3, 0.4) is 0 Å². The highest BCUT2D eigenvalue weighted by atomic mass is 16.5. The first-order valence-corrected chi connectivity index (χ1v) is 9.04. The second-order valence-corrected chi connectivity index (χ2v) is 6.92. The number of anilines is 1. The summed E-state index contributed by atoms with van der Waals surface area (Å²) < 4.78 is 6.49. The van der Waals surface area contributed by atoms with E-state index in [-0.39, 0.29) is 23.9 Å². The number of hydrogen-bond acceptors (Lipinski definition) is 5. The molecule has 8 nitrogen and oxygen atoms in total. The molecule has 1 aromatic carbocycles. The van der Waals surface area contributed by atoms with Crippen molar-refractivity contribution in [3.63, 3.8) is 0 Å². The van der Waals surface area contributed by atoms with Gasteiger partial charge in [-0.2, -0.15) is 0 Å². The van der Waals surface area contributed by atoms with E-state index in [1.165, 1.54) is 35.7 Å². The quantitative estimate of drug-likeness (QED) is 0.568. The van der Waals surface area contributed by atoms with Gasteiger partial charge in [0.05, 0.1) is 6.54 Å². The van der Waals surface area contributed by atoms with Crippen molar-refractivity contribution >= 4 is 29.3 Å². The van der Waals surface area contributed by atoms with Gasteiger partial charge in [-0.05, 0) is 38.0 Å². The van der Waals surface area contributed by atoms with E-state index in [1.54, 1.807) is 7.05 Å². The molecule has 2 amide bonds. The van der Waals surface area contributed by atoms with Crippen molar-refractivity contribution in [2.45, 2.75) is 20.8 Å².